The van der Waals surface area contributed by atoms with Crippen molar-refractivity contribution in [2.45, 2.75) is 0 Å². The Bertz CT molecular complexity index is 386. The molecule has 0 aliphatic carbocycles. The molecular weight excluding hydrogens is 212 g/mol. The Morgan fingerprint density at radius 2 is 2.12 bits per heavy atom. The number of ether oxygens (including phenoxy) is 2. The van der Waals surface area contributed by atoms with Crippen LogP contribution in [0.3, 0.4) is 0 Å². The van der Waals surface area contributed by atoms with E-state index in [-0.39, 0.29) is 30.5 Å². The van der Waals surface area contributed by atoms with Crippen LogP contribution < -0.4 is 4.74 Å². The highest BCUT2D eigenvalue weighted by atomic mass is 16.6. The van der Waals surface area contributed by atoms with Crippen molar-refractivity contribution in [1.82, 2.24) is 0 Å². The normalized spacial score (nSPS) is 9.50. The summed E-state index contributed by atoms with van der Waals surface area (Å²) in [5.74, 6) is -1.00. The lowest BCUT2D eigenvalue weighted by atomic mass is 10.3. The predicted octanol–water partition coefficient (Wildman–Crippen LogP) is 1.21. The third-order valence-electron chi connectivity index (χ3n) is 1.73. The molecule has 0 radical (unpaired) electrons. The second kappa shape index (κ2) is 5.65. The van der Waals surface area contributed by atoms with Crippen molar-refractivity contribution in [3.8, 4) is 17.2 Å². The highest BCUT2D eigenvalue weighted by molar-refractivity contribution is 5.81. The van der Waals surface area contributed by atoms with Crippen molar-refractivity contribution in [3.63, 3.8) is 0 Å². The van der Waals surface area contributed by atoms with E-state index in [0.717, 1.165) is 6.08 Å². The smallest absolute Gasteiger partial charge is 0.330 e. The molecule has 0 aliphatic rings. The SMILES string of the molecule is C=CC(=O)OCCOc1cccc(O)c1O. The average Bonchev–Trinajstić information content (AvgIpc) is 2.29. The van der Waals surface area contributed by atoms with Gasteiger partial charge >= 0.3 is 5.97 Å². The molecule has 0 aromatic heterocycles. The van der Waals surface area contributed by atoms with Crippen molar-refractivity contribution < 1.29 is 24.5 Å². The Balaban J connectivity index is 2.40. The fourth-order valence-corrected chi connectivity index (χ4v) is 0.980. The number of hydrogen-bond acceptors (Lipinski definition) is 5. The summed E-state index contributed by atoms with van der Waals surface area (Å²) in [4.78, 5) is 10.7. The first-order valence-electron chi connectivity index (χ1n) is 4.58. The molecule has 0 atom stereocenters. The quantitative estimate of drug-likeness (QED) is 0.340. The zero-order valence-electron chi connectivity index (χ0n) is 8.55. The van der Waals surface area contributed by atoms with E-state index >= 15 is 0 Å². The maximum Gasteiger partial charge on any atom is 0.330 e. The molecule has 0 amide bonds. The number of esters is 1. The molecule has 2 N–H and O–H groups in total. The van der Waals surface area contributed by atoms with E-state index < -0.39 is 5.97 Å². The molecule has 0 spiro atoms. The Kier molecular flexibility index (Phi) is 4.20. The van der Waals surface area contributed by atoms with Gasteiger partial charge in [-0.3, -0.25) is 0 Å². The van der Waals surface area contributed by atoms with Crippen LogP contribution in [-0.4, -0.2) is 29.4 Å². The number of phenolic OH excluding ortho intramolecular Hbond substituents is 2. The van der Waals surface area contributed by atoms with E-state index in [0.29, 0.717) is 0 Å². The van der Waals surface area contributed by atoms with Gasteiger partial charge in [-0.05, 0) is 12.1 Å². The fourth-order valence-electron chi connectivity index (χ4n) is 0.980. The van der Waals surface area contributed by atoms with Gasteiger partial charge in [0, 0.05) is 6.08 Å². The molecule has 5 nitrogen and oxygen atoms in total. The number of carbonyl (C=O) groups excluding carboxylic acids is 1. The topological polar surface area (TPSA) is 76.0 Å². The van der Waals surface area contributed by atoms with Crippen LogP contribution in [0.15, 0.2) is 30.9 Å². The van der Waals surface area contributed by atoms with Crippen LogP contribution in [0.1, 0.15) is 0 Å². The highest BCUT2D eigenvalue weighted by Gasteiger charge is 2.06. The maximum atomic E-state index is 10.7. The molecule has 1 aromatic carbocycles. The largest absolute Gasteiger partial charge is 0.504 e. The number of aromatic hydroxyl groups is 2. The van der Waals surface area contributed by atoms with Gasteiger partial charge in [0.1, 0.15) is 13.2 Å². The van der Waals surface area contributed by atoms with Crippen molar-refractivity contribution in [2.24, 2.45) is 0 Å². The molecule has 16 heavy (non-hydrogen) atoms. The molecule has 0 heterocycles. The van der Waals surface area contributed by atoms with Crippen LogP contribution in [0.25, 0.3) is 0 Å². The summed E-state index contributed by atoms with van der Waals surface area (Å²) in [6, 6.07) is 4.35. The van der Waals surface area contributed by atoms with Gasteiger partial charge in [-0.1, -0.05) is 12.6 Å². The van der Waals surface area contributed by atoms with E-state index in [4.69, 9.17) is 9.84 Å². The minimum atomic E-state index is -0.538. The zero-order valence-corrected chi connectivity index (χ0v) is 8.55. The summed E-state index contributed by atoms with van der Waals surface area (Å²) in [5, 5.41) is 18.5. The van der Waals surface area contributed by atoms with Gasteiger partial charge in [0.25, 0.3) is 0 Å². The number of phenols is 2. The van der Waals surface area contributed by atoms with Crippen molar-refractivity contribution >= 4 is 5.97 Å². The lowest BCUT2D eigenvalue weighted by Gasteiger charge is -2.08. The second-order valence-electron chi connectivity index (χ2n) is 2.84. The Hall–Kier alpha value is -2.17. The summed E-state index contributed by atoms with van der Waals surface area (Å²) < 4.78 is 9.75. The van der Waals surface area contributed by atoms with Gasteiger partial charge in [0.15, 0.2) is 11.5 Å². The van der Waals surface area contributed by atoms with E-state index in [9.17, 15) is 9.90 Å². The number of rotatable bonds is 5. The predicted molar refractivity (Wildman–Crippen MR) is 56.4 cm³/mol. The van der Waals surface area contributed by atoms with Crippen LogP contribution >= 0.6 is 0 Å². The van der Waals surface area contributed by atoms with Crippen LogP contribution in [0.5, 0.6) is 17.2 Å². The molecule has 86 valence electrons. The highest BCUT2D eigenvalue weighted by Crippen LogP contribution is 2.34. The maximum absolute atomic E-state index is 10.7. The average molecular weight is 224 g/mol. The third kappa shape index (κ3) is 3.20. The molecular formula is C11H12O5. The van der Waals surface area contributed by atoms with Crippen molar-refractivity contribution in [2.75, 3.05) is 13.2 Å². The Morgan fingerprint density at radius 3 is 2.81 bits per heavy atom. The molecule has 0 saturated heterocycles. The van der Waals surface area contributed by atoms with Gasteiger partial charge in [-0.15, -0.1) is 0 Å². The van der Waals surface area contributed by atoms with Gasteiger partial charge in [-0.2, -0.15) is 0 Å². The van der Waals surface area contributed by atoms with E-state index in [1.165, 1.54) is 18.2 Å². The molecule has 0 bridgehead atoms. The number of para-hydroxylation sites is 1. The first kappa shape index (κ1) is 11.9. The van der Waals surface area contributed by atoms with Crippen LogP contribution in [0.2, 0.25) is 0 Å². The van der Waals surface area contributed by atoms with Gasteiger partial charge in [0.2, 0.25) is 5.75 Å². The molecule has 0 aliphatic heterocycles. The zero-order chi connectivity index (χ0) is 12.0. The fraction of sp³-hybridized carbons (Fsp3) is 0.182. The molecule has 0 fully saturated rings. The van der Waals surface area contributed by atoms with Gasteiger partial charge in [-0.25, -0.2) is 4.79 Å². The summed E-state index contributed by atoms with van der Waals surface area (Å²) in [6.45, 7) is 3.36. The first-order valence-corrected chi connectivity index (χ1v) is 4.58. The Labute approximate surface area is 92.5 Å². The molecule has 1 aromatic rings. The van der Waals surface area contributed by atoms with Crippen LogP contribution in [0, 0.1) is 0 Å². The molecule has 0 saturated carbocycles. The number of carbonyl (C=O) groups is 1. The lowest BCUT2D eigenvalue weighted by molar-refractivity contribution is -0.138. The Morgan fingerprint density at radius 1 is 1.38 bits per heavy atom. The number of benzene rings is 1. The van der Waals surface area contributed by atoms with Gasteiger partial charge < -0.3 is 19.7 Å². The van der Waals surface area contributed by atoms with Gasteiger partial charge in [0.05, 0.1) is 0 Å². The van der Waals surface area contributed by atoms with Crippen LogP contribution in [-0.2, 0) is 9.53 Å². The van der Waals surface area contributed by atoms with E-state index in [1.54, 1.807) is 0 Å². The second-order valence-corrected chi connectivity index (χ2v) is 2.84. The molecule has 0 unspecified atom stereocenters. The third-order valence-corrected chi connectivity index (χ3v) is 1.73. The van der Waals surface area contributed by atoms with Crippen LogP contribution in [0.4, 0.5) is 0 Å². The summed E-state index contributed by atoms with van der Waals surface area (Å²) in [5.41, 5.74) is 0. The summed E-state index contributed by atoms with van der Waals surface area (Å²) in [6.07, 6.45) is 1.05. The lowest BCUT2D eigenvalue weighted by Crippen LogP contribution is -2.10. The van der Waals surface area contributed by atoms with Crippen molar-refractivity contribution in [1.29, 1.82) is 0 Å². The summed E-state index contributed by atoms with van der Waals surface area (Å²) >= 11 is 0. The molecule has 5 heteroatoms. The molecule has 1 rings (SSSR count). The minimum absolute atomic E-state index is 0.0416. The standard InChI is InChI=1S/C11H12O5/c1-2-10(13)16-7-6-15-9-5-3-4-8(12)11(9)14/h2-5,12,14H,1,6-7H2. The van der Waals surface area contributed by atoms with E-state index in [1.807, 2.05) is 0 Å². The number of hydrogen-bond donors (Lipinski definition) is 2. The summed E-state index contributed by atoms with van der Waals surface area (Å²) in [7, 11) is 0. The monoisotopic (exact) mass is 224 g/mol. The minimum Gasteiger partial charge on any atom is -0.504 e. The first-order chi connectivity index (χ1) is 7.65. The van der Waals surface area contributed by atoms with E-state index in [2.05, 4.69) is 11.3 Å². The van der Waals surface area contributed by atoms with Crippen molar-refractivity contribution in [3.05, 3.63) is 30.9 Å².